The van der Waals surface area contributed by atoms with Crippen molar-refractivity contribution >= 4 is 12.0 Å². The Kier molecular flexibility index (Phi) is 9.81. The highest BCUT2D eigenvalue weighted by molar-refractivity contribution is 5.78. The smallest absolute Gasteiger partial charge is 0.323 e. The predicted molar refractivity (Wildman–Crippen MR) is 75.6 cm³/mol. The number of terminal acetylenes is 1. The Balaban J connectivity index is 0.000000421. The Morgan fingerprint density at radius 3 is 2.57 bits per heavy atom. The van der Waals surface area contributed by atoms with Crippen molar-refractivity contribution in [1.82, 2.24) is 5.32 Å². The van der Waals surface area contributed by atoms with Crippen LogP contribution >= 0.6 is 0 Å². The second kappa shape index (κ2) is 11.0. The molecule has 2 amide bonds. The van der Waals surface area contributed by atoms with Crippen LogP contribution in [0.4, 0.5) is 4.79 Å². The molecule has 2 aliphatic heterocycles. The molecule has 23 heavy (non-hydrogen) atoms. The van der Waals surface area contributed by atoms with Crippen molar-refractivity contribution in [1.29, 1.82) is 0 Å². The highest BCUT2D eigenvalue weighted by Gasteiger charge is 2.41. The van der Waals surface area contributed by atoms with E-state index < -0.39 is 23.6 Å². The van der Waals surface area contributed by atoms with E-state index in [-0.39, 0.29) is 24.7 Å². The molecule has 0 radical (unpaired) electrons. The van der Waals surface area contributed by atoms with E-state index >= 15 is 0 Å². The molecule has 2 heterocycles. The monoisotopic (exact) mass is 333 g/mol. The first-order chi connectivity index (χ1) is 10.9. The number of nitrogens with one attached hydrogen (secondary N) is 1. The van der Waals surface area contributed by atoms with Crippen molar-refractivity contribution in [3.63, 3.8) is 0 Å². The number of urea groups is 1. The Morgan fingerprint density at radius 1 is 1.43 bits per heavy atom. The standard InChI is InChI=1S/C7H11NO5.C3H6N2O3.C2H2/c9-8(10)13-4-5-3-12-6-1-2-11-7(5)6;4-3(8)5-1-2(6)7;1-2/h5-7H,1-4H2;1H2,(H,6,7)(H3,4,5,8);1-2H/t5-,6+,7+;;/m0../s1. The predicted octanol–water partition coefficient (Wildman–Crippen LogP) is -1.01. The molecule has 4 N–H and O–H groups in total. The number of carboxylic acids is 1. The highest BCUT2D eigenvalue weighted by Crippen LogP contribution is 2.30. The van der Waals surface area contributed by atoms with Gasteiger partial charge in [0.1, 0.15) is 13.2 Å². The summed E-state index contributed by atoms with van der Waals surface area (Å²) in [6.45, 7) is 0.844. The first-order valence-electron chi connectivity index (χ1n) is 6.49. The molecule has 0 bridgehead atoms. The van der Waals surface area contributed by atoms with Crippen LogP contribution in [0.2, 0.25) is 0 Å². The maximum Gasteiger partial charge on any atom is 0.323 e. The lowest BCUT2D eigenvalue weighted by Crippen LogP contribution is -2.33. The Morgan fingerprint density at radius 2 is 2.09 bits per heavy atom. The normalized spacial score (nSPS) is 24.0. The summed E-state index contributed by atoms with van der Waals surface area (Å²) < 4.78 is 10.8. The number of nitrogens with zero attached hydrogens (tertiary/aromatic N) is 1. The fourth-order valence-corrected chi connectivity index (χ4v) is 2.01. The number of nitrogens with two attached hydrogens (primary N) is 1. The lowest BCUT2D eigenvalue weighted by Gasteiger charge is -2.13. The molecule has 0 aromatic rings. The number of fused-ring (bicyclic) bond motifs is 1. The number of hydrogen-bond acceptors (Lipinski definition) is 7. The number of primary amides is 1. The number of hydrogen-bond donors (Lipinski definition) is 3. The molecule has 0 saturated carbocycles. The van der Waals surface area contributed by atoms with Gasteiger partial charge in [0.25, 0.3) is 5.09 Å². The average Bonchev–Trinajstić information content (AvgIpc) is 3.09. The molecule has 2 fully saturated rings. The van der Waals surface area contributed by atoms with Crippen LogP contribution in [0.3, 0.4) is 0 Å². The lowest BCUT2D eigenvalue weighted by molar-refractivity contribution is -0.759. The van der Waals surface area contributed by atoms with Gasteiger partial charge >= 0.3 is 12.0 Å². The van der Waals surface area contributed by atoms with Gasteiger partial charge in [-0.2, -0.15) is 0 Å². The van der Waals surface area contributed by atoms with Gasteiger partial charge in [0, 0.05) is 12.5 Å². The quantitative estimate of drug-likeness (QED) is 0.327. The maximum absolute atomic E-state index is 9.95. The van der Waals surface area contributed by atoms with Crippen molar-refractivity contribution in [3.8, 4) is 12.8 Å². The van der Waals surface area contributed by atoms with Gasteiger partial charge in [0.15, 0.2) is 0 Å². The summed E-state index contributed by atoms with van der Waals surface area (Å²) in [4.78, 5) is 33.6. The van der Waals surface area contributed by atoms with Crippen LogP contribution in [-0.2, 0) is 19.1 Å². The first-order valence-corrected chi connectivity index (χ1v) is 6.49. The van der Waals surface area contributed by atoms with Gasteiger partial charge < -0.3 is 30.5 Å². The van der Waals surface area contributed by atoms with Gasteiger partial charge in [-0.25, -0.2) is 4.79 Å². The third kappa shape index (κ3) is 8.44. The number of ether oxygens (including phenoxy) is 2. The third-order valence-electron chi connectivity index (χ3n) is 2.88. The summed E-state index contributed by atoms with van der Waals surface area (Å²) >= 11 is 0. The molecule has 3 atom stereocenters. The third-order valence-corrected chi connectivity index (χ3v) is 2.88. The molecule has 130 valence electrons. The minimum Gasteiger partial charge on any atom is -0.480 e. The van der Waals surface area contributed by atoms with Crippen LogP contribution in [0.25, 0.3) is 0 Å². The summed E-state index contributed by atoms with van der Waals surface area (Å²) in [5, 5.41) is 19.0. The van der Waals surface area contributed by atoms with Gasteiger partial charge in [-0.05, 0) is 6.42 Å². The average molecular weight is 333 g/mol. The Labute approximate surface area is 132 Å². The van der Waals surface area contributed by atoms with Crippen molar-refractivity contribution < 1.29 is 34.1 Å². The van der Waals surface area contributed by atoms with E-state index in [1.165, 1.54) is 0 Å². The number of amides is 2. The molecule has 0 aliphatic carbocycles. The number of carboxylic acid groups (broad SMARTS) is 1. The fourth-order valence-electron chi connectivity index (χ4n) is 2.01. The number of rotatable bonds is 5. The molecular formula is C12H19N3O8. The minimum absolute atomic E-state index is 0.0000463. The van der Waals surface area contributed by atoms with Gasteiger partial charge in [-0.3, -0.25) is 4.79 Å². The van der Waals surface area contributed by atoms with E-state index in [0.29, 0.717) is 13.2 Å². The van der Waals surface area contributed by atoms with Crippen molar-refractivity contribution in [2.24, 2.45) is 11.7 Å². The number of carbonyl (C=O) groups is 2. The second-order valence-corrected chi connectivity index (χ2v) is 4.39. The molecule has 2 aliphatic rings. The first kappa shape index (κ1) is 20.4. The summed E-state index contributed by atoms with van der Waals surface area (Å²) in [5.41, 5.74) is 4.53. The van der Waals surface area contributed by atoms with E-state index in [1.54, 1.807) is 0 Å². The SMILES string of the molecule is C#C.NC(=O)NCC(=O)O.O=[N+]([O-])OC[C@@H]1CO[C@@H]2CCO[C@H]12. The summed E-state index contributed by atoms with van der Waals surface area (Å²) in [6.07, 6.45) is 9.01. The van der Waals surface area contributed by atoms with E-state index in [0.717, 1.165) is 6.42 Å². The van der Waals surface area contributed by atoms with Gasteiger partial charge in [-0.15, -0.1) is 23.0 Å². The molecule has 0 spiro atoms. The molecular weight excluding hydrogens is 314 g/mol. The zero-order valence-corrected chi connectivity index (χ0v) is 12.3. The summed E-state index contributed by atoms with van der Waals surface area (Å²) in [7, 11) is 0. The Bertz CT molecular complexity index is 414. The van der Waals surface area contributed by atoms with E-state index in [9.17, 15) is 19.7 Å². The van der Waals surface area contributed by atoms with Crippen LogP contribution in [0, 0.1) is 28.9 Å². The lowest BCUT2D eigenvalue weighted by atomic mass is 10.0. The van der Waals surface area contributed by atoms with Crippen LogP contribution in [0.1, 0.15) is 6.42 Å². The summed E-state index contributed by atoms with van der Waals surface area (Å²) in [5.74, 6) is -1.10. The van der Waals surface area contributed by atoms with E-state index in [4.69, 9.17) is 14.6 Å². The van der Waals surface area contributed by atoms with Crippen LogP contribution < -0.4 is 11.1 Å². The largest absolute Gasteiger partial charge is 0.480 e. The van der Waals surface area contributed by atoms with Crippen LogP contribution in [0.15, 0.2) is 0 Å². The minimum atomic E-state index is -1.11. The zero-order chi connectivity index (χ0) is 17.8. The number of aliphatic carboxylic acids is 1. The molecule has 2 rings (SSSR count). The van der Waals surface area contributed by atoms with Gasteiger partial charge in [0.2, 0.25) is 0 Å². The summed E-state index contributed by atoms with van der Waals surface area (Å²) in [6, 6.07) is -0.826. The highest BCUT2D eigenvalue weighted by atomic mass is 16.9. The molecule has 2 saturated heterocycles. The van der Waals surface area contributed by atoms with Crippen molar-refractivity contribution in [2.75, 3.05) is 26.4 Å². The van der Waals surface area contributed by atoms with Gasteiger partial charge in [0.05, 0.1) is 18.8 Å². The molecule has 0 aromatic heterocycles. The second-order valence-electron chi connectivity index (χ2n) is 4.39. The van der Waals surface area contributed by atoms with Crippen LogP contribution in [-0.4, -0.2) is 60.8 Å². The topological polar surface area (TPSA) is 163 Å². The number of carbonyl (C=O) groups excluding carboxylic acids is 1. The molecule has 11 heteroatoms. The maximum atomic E-state index is 9.95. The van der Waals surface area contributed by atoms with Crippen molar-refractivity contribution in [2.45, 2.75) is 18.6 Å². The Hall–Kier alpha value is -2.58. The molecule has 11 nitrogen and oxygen atoms in total. The molecule has 0 unspecified atom stereocenters. The van der Waals surface area contributed by atoms with Crippen LogP contribution in [0.5, 0.6) is 0 Å². The fraction of sp³-hybridized carbons (Fsp3) is 0.667. The van der Waals surface area contributed by atoms with Crippen molar-refractivity contribution in [3.05, 3.63) is 10.1 Å². The van der Waals surface area contributed by atoms with E-state index in [2.05, 4.69) is 23.4 Å². The molecule has 0 aromatic carbocycles. The van der Waals surface area contributed by atoms with Gasteiger partial charge in [-0.1, -0.05) is 0 Å². The van der Waals surface area contributed by atoms with E-state index in [1.807, 2.05) is 5.32 Å². The zero-order valence-electron chi connectivity index (χ0n) is 12.3.